The van der Waals surface area contributed by atoms with Gasteiger partial charge < -0.3 is 4.74 Å². The molecule has 0 heterocycles. The van der Waals surface area contributed by atoms with Crippen LogP contribution in [-0.2, 0) is 4.74 Å². The van der Waals surface area contributed by atoms with Crippen LogP contribution in [0.2, 0.25) is 0 Å². The average Bonchev–Trinajstić information content (AvgIpc) is 2.53. The fraction of sp³-hybridized carbons (Fsp3) is 0.929. The fourth-order valence-corrected chi connectivity index (χ4v) is 2.75. The summed E-state index contributed by atoms with van der Waals surface area (Å²) >= 11 is 0. The molecule has 2 unspecified atom stereocenters. The highest BCUT2D eigenvalue weighted by Gasteiger charge is 2.33. The summed E-state index contributed by atoms with van der Waals surface area (Å²) in [7, 11) is 1.70. The standard InChI is InChI=1S/C14H26N2O/c1-12(2)13-5-4-7-14(11-15,8-6-13)16-9-10-17-3/h12-13,16H,4-10H2,1-3H3. The van der Waals surface area contributed by atoms with Gasteiger partial charge in [0.25, 0.3) is 0 Å². The molecule has 1 aliphatic rings. The molecule has 0 spiro atoms. The van der Waals surface area contributed by atoms with Crippen molar-refractivity contribution in [2.24, 2.45) is 11.8 Å². The summed E-state index contributed by atoms with van der Waals surface area (Å²) in [6.07, 6.45) is 5.57. The molecule has 0 radical (unpaired) electrons. The molecule has 1 fully saturated rings. The van der Waals surface area contributed by atoms with Crippen molar-refractivity contribution in [2.45, 2.75) is 51.5 Å². The van der Waals surface area contributed by atoms with E-state index in [1.54, 1.807) is 7.11 Å². The van der Waals surface area contributed by atoms with Crippen molar-refractivity contribution in [3.05, 3.63) is 0 Å². The molecule has 3 heteroatoms. The van der Waals surface area contributed by atoms with E-state index in [1.165, 1.54) is 12.8 Å². The predicted molar refractivity (Wildman–Crippen MR) is 69.6 cm³/mol. The van der Waals surface area contributed by atoms with Gasteiger partial charge >= 0.3 is 0 Å². The van der Waals surface area contributed by atoms with Crippen molar-refractivity contribution in [3.8, 4) is 6.07 Å². The van der Waals surface area contributed by atoms with Crippen LogP contribution in [0.5, 0.6) is 0 Å². The number of methoxy groups -OCH3 is 1. The van der Waals surface area contributed by atoms with Crippen LogP contribution in [0.4, 0.5) is 0 Å². The zero-order chi connectivity index (χ0) is 12.7. The van der Waals surface area contributed by atoms with Crippen LogP contribution in [0.3, 0.4) is 0 Å². The Balaban J connectivity index is 2.53. The maximum atomic E-state index is 9.44. The van der Waals surface area contributed by atoms with E-state index in [9.17, 15) is 5.26 Å². The monoisotopic (exact) mass is 238 g/mol. The zero-order valence-corrected chi connectivity index (χ0v) is 11.5. The lowest BCUT2D eigenvalue weighted by Crippen LogP contribution is -2.45. The van der Waals surface area contributed by atoms with Crippen LogP contribution in [0.1, 0.15) is 46.0 Å². The highest BCUT2D eigenvalue weighted by atomic mass is 16.5. The summed E-state index contributed by atoms with van der Waals surface area (Å²) in [4.78, 5) is 0. The van der Waals surface area contributed by atoms with E-state index >= 15 is 0 Å². The third kappa shape index (κ3) is 4.29. The Morgan fingerprint density at radius 3 is 2.76 bits per heavy atom. The number of hydrogen-bond acceptors (Lipinski definition) is 3. The second-order valence-electron chi connectivity index (χ2n) is 5.55. The minimum absolute atomic E-state index is 0.303. The molecule has 3 nitrogen and oxygen atoms in total. The van der Waals surface area contributed by atoms with Crippen LogP contribution in [0, 0.1) is 23.2 Å². The van der Waals surface area contributed by atoms with Gasteiger partial charge in [0.15, 0.2) is 0 Å². The lowest BCUT2D eigenvalue weighted by molar-refractivity contribution is 0.187. The zero-order valence-electron chi connectivity index (χ0n) is 11.5. The number of nitrogens with one attached hydrogen (secondary N) is 1. The topological polar surface area (TPSA) is 45.0 Å². The molecule has 1 saturated carbocycles. The van der Waals surface area contributed by atoms with Crippen LogP contribution in [-0.4, -0.2) is 25.8 Å². The third-order valence-electron chi connectivity index (χ3n) is 4.05. The van der Waals surface area contributed by atoms with E-state index in [0.717, 1.165) is 37.6 Å². The van der Waals surface area contributed by atoms with E-state index < -0.39 is 0 Å². The van der Waals surface area contributed by atoms with E-state index in [4.69, 9.17) is 4.74 Å². The number of hydrogen-bond donors (Lipinski definition) is 1. The molecule has 98 valence electrons. The first-order valence-electron chi connectivity index (χ1n) is 6.79. The van der Waals surface area contributed by atoms with Gasteiger partial charge in [0, 0.05) is 13.7 Å². The molecule has 1 aliphatic carbocycles. The fourth-order valence-electron chi connectivity index (χ4n) is 2.75. The molecular weight excluding hydrogens is 212 g/mol. The van der Waals surface area contributed by atoms with Gasteiger partial charge in [0.05, 0.1) is 12.7 Å². The third-order valence-corrected chi connectivity index (χ3v) is 4.05. The normalized spacial score (nSPS) is 29.9. The molecule has 17 heavy (non-hydrogen) atoms. The highest BCUT2D eigenvalue weighted by molar-refractivity contribution is 5.08. The first-order chi connectivity index (χ1) is 8.13. The Morgan fingerprint density at radius 2 is 2.18 bits per heavy atom. The molecule has 0 aromatic rings. The Kier molecular flexibility index (Phi) is 5.94. The van der Waals surface area contributed by atoms with Crippen molar-refractivity contribution in [1.29, 1.82) is 5.26 Å². The lowest BCUT2D eigenvalue weighted by Gasteiger charge is -2.26. The molecule has 1 N–H and O–H groups in total. The average molecular weight is 238 g/mol. The molecule has 0 aromatic heterocycles. The summed E-state index contributed by atoms with van der Waals surface area (Å²) in [6.45, 7) is 6.04. The van der Waals surface area contributed by atoms with E-state index in [-0.39, 0.29) is 5.54 Å². The summed E-state index contributed by atoms with van der Waals surface area (Å²) in [5, 5.41) is 12.8. The molecule has 0 aliphatic heterocycles. The van der Waals surface area contributed by atoms with Gasteiger partial charge in [-0.3, -0.25) is 5.32 Å². The number of nitriles is 1. The minimum atomic E-state index is -0.303. The van der Waals surface area contributed by atoms with Crippen LogP contribution in [0.25, 0.3) is 0 Å². The van der Waals surface area contributed by atoms with Crippen molar-refractivity contribution >= 4 is 0 Å². The SMILES string of the molecule is COCCNC1(C#N)CCCC(C(C)C)CC1. The van der Waals surface area contributed by atoms with Gasteiger partial charge in [-0.15, -0.1) is 0 Å². The van der Waals surface area contributed by atoms with Crippen molar-refractivity contribution in [2.75, 3.05) is 20.3 Å². The highest BCUT2D eigenvalue weighted by Crippen LogP contribution is 2.33. The van der Waals surface area contributed by atoms with Crippen LogP contribution >= 0.6 is 0 Å². The van der Waals surface area contributed by atoms with Gasteiger partial charge in [0.1, 0.15) is 5.54 Å². The van der Waals surface area contributed by atoms with Crippen molar-refractivity contribution in [1.82, 2.24) is 5.32 Å². The molecule has 0 saturated heterocycles. The van der Waals surface area contributed by atoms with Crippen molar-refractivity contribution in [3.63, 3.8) is 0 Å². The first kappa shape index (κ1) is 14.5. The second-order valence-corrected chi connectivity index (χ2v) is 5.55. The Labute approximate surface area is 106 Å². The van der Waals surface area contributed by atoms with Gasteiger partial charge in [-0.1, -0.05) is 26.7 Å². The molecular formula is C14H26N2O. The van der Waals surface area contributed by atoms with Gasteiger partial charge in [-0.2, -0.15) is 5.26 Å². The number of nitrogens with zero attached hydrogens (tertiary/aromatic N) is 1. The van der Waals surface area contributed by atoms with E-state index in [2.05, 4.69) is 25.2 Å². The van der Waals surface area contributed by atoms with E-state index in [1.807, 2.05) is 0 Å². The summed E-state index contributed by atoms with van der Waals surface area (Å²) < 4.78 is 5.04. The molecule has 0 aromatic carbocycles. The second kappa shape index (κ2) is 6.98. The van der Waals surface area contributed by atoms with Crippen LogP contribution < -0.4 is 5.32 Å². The largest absolute Gasteiger partial charge is 0.383 e. The van der Waals surface area contributed by atoms with Crippen molar-refractivity contribution < 1.29 is 4.74 Å². The van der Waals surface area contributed by atoms with Gasteiger partial charge in [-0.05, 0) is 31.1 Å². The quantitative estimate of drug-likeness (QED) is 0.591. The minimum Gasteiger partial charge on any atom is -0.383 e. The predicted octanol–water partition coefficient (Wildman–Crippen LogP) is 2.72. The maximum absolute atomic E-state index is 9.44. The first-order valence-corrected chi connectivity index (χ1v) is 6.79. The summed E-state index contributed by atoms with van der Waals surface area (Å²) in [5.41, 5.74) is -0.303. The summed E-state index contributed by atoms with van der Waals surface area (Å²) in [5.74, 6) is 1.53. The molecule has 0 bridgehead atoms. The van der Waals surface area contributed by atoms with Gasteiger partial charge in [0.2, 0.25) is 0 Å². The van der Waals surface area contributed by atoms with Gasteiger partial charge in [-0.25, -0.2) is 0 Å². The number of ether oxygens (including phenoxy) is 1. The summed E-state index contributed by atoms with van der Waals surface area (Å²) in [6, 6.07) is 2.51. The Hall–Kier alpha value is -0.590. The smallest absolute Gasteiger partial charge is 0.106 e. The Morgan fingerprint density at radius 1 is 1.41 bits per heavy atom. The maximum Gasteiger partial charge on any atom is 0.106 e. The Bertz CT molecular complexity index is 259. The lowest BCUT2D eigenvalue weighted by atomic mass is 9.87. The van der Waals surface area contributed by atoms with E-state index in [0.29, 0.717) is 6.61 Å². The molecule has 2 atom stereocenters. The number of rotatable bonds is 5. The molecule has 1 rings (SSSR count). The molecule has 0 amide bonds. The van der Waals surface area contributed by atoms with Crippen LogP contribution in [0.15, 0.2) is 0 Å².